The molecule has 0 aliphatic rings. The molecule has 6 nitrogen and oxygen atoms in total. The van der Waals surface area contributed by atoms with Crippen molar-refractivity contribution >= 4 is 28.4 Å². The third-order valence-electron chi connectivity index (χ3n) is 5.19. The van der Waals surface area contributed by atoms with Crippen molar-refractivity contribution in [3.05, 3.63) is 76.7 Å². The molecule has 0 radical (unpaired) electrons. The van der Waals surface area contributed by atoms with Gasteiger partial charge in [0.2, 0.25) is 0 Å². The Balaban J connectivity index is 1.61. The highest BCUT2D eigenvalue weighted by molar-refractivity contribution is 6.30. The lowest BCUT2D eigenvalue weighted by Crippen LogP contribution is -2.26. The van der Waals surface area contributed by atoms with Gasteiger partial charge in [0.05, 0.1) is 24.0 Å². The molecule has 0 aliphatic heterocycles. The summed E-state index contributed by atoms with van der Waals surface area (Å²) < 4.78 is 19.0. The summed E-state index contributed by atoms with van der Waals surface area (Å²) in [5.74, 6) is 0.435. The number of carbonyl (C=O) groups excluding carboxylic acids is 1. The molecule has 0 unspecified atom stereocenters. The van der Waals surface area contributed by atoms with Crippen LogP contribution in [0.2, 0.25) is 5.02 Å². The van der Waals surface area contributed by atoms with Gasteiger partial charge in [-0.15, -0.1) is 0 Å². The van der Waals surface area contributed by atoms with Crippen molar-refractivity contribution in [1.82, 2.24) is 20.1 Å². The lowest BCUT2D eigenvalue weighted by molar-refractivity contribution is 0.0785. The van der Waals surface area contributed by atoms with E-state index in [1.54, 1.807) is 36.5 Å². The van der Waals surface area contributed by atoms with Crippen molar-refractivity contribution in [3.8, 4) is 16.9 Å². The third-order valence-corrected chi connectivity index (χ3v) is 5.43. The number of carbonyl (C=O) groups is 1. The molecule has 0 saturated carbocycles. The van der Waals surface area contributed by atoms with Crippen LogP contribution in [0.1, 0.15) is 28.5 Å². The lowest BCUT2D eigenvalue weighted by atomic mass is 10.0. The number of hydrogen-bond donors (Lipinski definition) is 1. The molecule has 4 aromatic rings. The SMILES string of the molecule is CCOc1cc(C(=O)N(C)Cc2cnc(CF)c3cn[nH]c23)ccc1-c1cccc(Cl)c1. The monoisotopic (exact) mass is 452 g/mol. The Labute approximate surface area is 190 Å². The number of fused-ring (bicyclic) bond motifs is 1. The second kappa shape index (κ2) is 9.36. The summed E-state index contributed by atoms with van der Waals surface area (Å²) in [6.45, 7) is 1.97. The van der Waals surface area contributed by atoms with Crippen molar-refractivity contribution in [2.75, 3.05) is 13.7 Å². The van der Waals surface area contributed by atoms with E-state index in [2.05, 4.69) is 15.2 Å². The van der Waals surface area contributed by atoms with Gasteiger partial charge in [-0.3, -0.25) is 14.9 Å². The molecule has 0 fully saturated rings. The molecule has 0 aliphatic carbocycles. The van der Waals surface area contributed by atoms with E-state index in [9.17, 15) is 9.18 Å². The normalized spacial score (nSPS) is 11.0. The van der Waals surface area contributed by atoms with Gasteiger partial charge in [0, 0.05) is 46.9 Å². The van der Waals surface area contributed by atoms with Gasteiger partial charge < -0.3 is 9.64 Å². The average Bonchev–Trinajstić information content (AvgIpc) is 3.29. The fourth-order valence-corrected chi connectivity index (χ4v) is 3.83. The van der Waals surface area contributed by atoms with E-state index in [4.69, 9.17) is 16.3 Å². The van der Waals surface area contributed by atoms with Crippen molar-refractivity contribution in [3.63, 3.8) is 0 Å². The summed E-state index contributed by atoms with van der Waals surface area (Å²) >= 11 is 6.14. The number of alkyl halides is 1. The Kier molecular flexibility index (Phi) is 6.37. The molecule has 2 heterocycles. The number of nitrogens with one attached hydrogen (secondary N) is 1. The van der Waals surface area contributed by atoms with Crippen molar-refractivity contribution in [1.29, 1.82) is 0 Å². The van der Waals surface area contributed by atoms with Crippen LogP contribution < -0.4 is 4.74 Å². The number of ether oxygens (including phenoxy) is 1. The summed E-state index contributed by atoms with van der Waals surface area (Å²) in [7, 11) is 1.71. The molecular formula is C24H22ClFN4O2. The van der Waals surface area contributed by atoms with Gasteiger partial charge in [-0.25, -0.2) is 4.39 Å². The largest absolute Gasteiger partial charge is 0.493 e. The Morgan fingerprint density at radius 2 is 2.06 bits per heavy atom. The van der Waals surface area contributed by atoms with Crippen LogP contribution in [0.3, 0.4) is 0 Å². The van der Waals surface area contributed by atoms with E-state index in [1.165, 1.54) is 0 Å². The third kappa shape index (κ3) is 4.29. The molecule has 32 heavy (non-hydrogen) atoms. The molecule has 2 aromatic carbocycles. The zero-order chi connectivity index (χ0) is 22.7. The fourth-order valence-electron chi connectivity index (χ4n) is 3.64. The van der Waals surface area contributed by atoms with Gasteiger partial charge in [0.15, 0.2) is 0 Å². The highest BCUT2D eigenvalue weighted by Gasteiger charge is 2.18. The Bertz CT molecular complexity index is 1270. The van der Waals surface area contributed by atoms with Crippen LogP contribution >= 0.6 is 11.6 Å². The number of hydrogen-bond acceptors (Lipinski definition) is 4. The summed E-state index contributed by atoms with van der Waals surface area (Å²) in [6.07, 6.45) is 3.12. The number of benzene rings is 2. The molecule has 8 heteroatoms. The van der Waals surface area contributed by atoms with Gasteiger partial charge in [0.1, 0.15) is 12.4 Å². The molecule has 0 spiro atoms. The van der Waals surface area contributed by atoms with E-state index in [-0.39, 0.29) is 12.5 Å². The predicted octanol–water partition coefficient (Wildman–Crippen LogP) is 5.42. The molecule has 164 valence electrons. The quantitative estimate of drug-likeness (QED) is 0.406. The van der Waals surface area contributed by atoms with Crippen LogP contribution in [-0.4, -0.2) is 39.6 Å². The zero-order valence-electron chi connectivity index (χ0n) is 17.7. The molecule has 2 aromatic heterocycles. The Morgan fingerprint density at radius 1 is 1.22 bits per heavy atom. The second-order valence-corrected chi connectivity index (χ2v) is 7.77. The van der Waals surface area contributed by atoms with Crippen LogP contribution in [-0.2, 0) is 13.2 Å². The molecule has 1 amide bonds. The standard InChI is InChI=1S/C24H22ClFN4O2/c1-3-32-22-10-16(7-8-19(22)15-5-4-6-18(25)9-15)24(31)30(2)14-17-12-27-21(11-26)20-13-28-29-23(17)20/h4-10,12-13H,3,11,14H2,1-2H3,(H,28,29). The van der Waals surface area contributed by atoms with E-state index in [1.807, 2.05) is 37.3 Å². The van der Waals surface area contributed by atoms with Gasteiger partial charge in [-0.2, -0.15) is 5.10 Å². The average molecular weight is 453 g/mol. The summed E-state index contributed by atoms with van der Waals surface area (Å²) in [4.78, 5) is 18.9. The van der Waals surface area contributed by atoms with Gasteiger partial charge in [-0.05, 0) is 42.8 Å². The Hall–Kier alpha value is -3.45. The number of rotatable bonds is 7. The molecular weight excluding hydrogens is 431 g/mol. The second-order valence-electron chi connectivity index (χ2n) is 7.34. The number of pyridine rings is 1. The molecule has 0 bridgehead atoms. The van der Waals surface area contributed by atoms with Gasteiger partial charge in [0.25, 0.3) is 5.91 Å². The smallest absolute Gasteiger partial charge is 0.254 e. The fraction of sp³-hybridized carbons (Fsp3) is 0.208. The maximum absolute atomic E-state index is 13.2. The maximum atomic E-state index is 13.2. The first kappa shape index (κ1) is 21.8. The number of nitrogens with zero attached hydrogens (tertiary/aromatic N) is 3. The first-order valence-corrected chi connectivity index (χ1v) is 10.5. The van der Waals surface area contributed by atoms with Crippen molar-refractivity contribution in [2.45, 2.75) is 20.1 Å². The minimum atomic E-state index is -0.676. The molecule has 4 rings (SSSR count). The van der Waals surface area contributed by atoms with Gasteiger partial charge in [-0.1, -0.05) is 23.7 Å². The summed E-state index contributed by atoms with van der Waals surface area (Å²) in [5, 5.41) is 8.12. The number of aromatic amines is 1. The maximum Gasteiger partial charge on any atom is 0.254 e. The lowest BCUT2D eigenvalue weighted by Gasteiger charge is -2.19. The first-order chi connectivity index (χ1) is 15.5. The molecule has 1 N–H and O–H groups in total. The highest BCUT2D eigenvalue weighted by Crippen LogP contribution is 2.33. The number of amides is 1. The van der Waals surface area contributed by atoms with Crippen LogP contribution in [0.5, 0.6) is 5.75 Å². The van der Waals surface area contributed by atoms with Crippen LogP contribution in [0.25, 0.3) is 22.0 Å². The minimum Gasteiger partial charge on any atom is -0.493 e. The molecule has 0 atom stereocenters. The molecule has 0 saturated heterocycles. The number of halogens is 2. The van der Waals surface area contributed by atoms with Crippen LogP contribution in [0, 0.1) is 0 Å². The van der Waals surface area contributed by atoms with Crippen LogP contribution in [0.15, 0.2) is 54.9 Å². The summed E-state index contributed by atoms with van der Waals surface area (Å²) in [6, 6.07) is 12.9. The van der Waals surface area contributed by atoms with E-state index in [0.717, 1.165) is 16.7 Å². The van der Waals surface area contributed by atoms with E-state index < -0.39 is 6.67 Å². The summed E-state index contributed by atoms with van der Waals surface area (Å²) in [5.41, 5.74) is 4.03. The Morgan fingerprint density at radius 3 is 2.81 bits per heavy atom. The van der Waals surface area contributed by atoms with Gasteiger partial charge >= 0.3 is 0 Å². The predicted molar refractivity (Wildman–Crippen MR) is 123 cm³/mol. The van der Waals surface area contributed by atoms with E-state index >= 15 is 0 Å². The van der Waals surface area contributed by atoms with Crippen LogP contribution in [0.4, 0.5) is 4.39 Å². The number of aromatic nitrogens is 3. The van der Waals surface area contributed by atoms with E-state index in [0.29, 0.717) is 39.5 Å². The zero-order valence-corrected chi connectivity index (χ0v) is 18.5. The van der Waals surface area contributed by atoms with Crippen molar-refractivity contribution in [2.24, 2.45) is 0 Å². The topological polar surface area (TPSA) is 71.1 Å². The minimum absolute atomic E-state index is 0.175. The van der Waals surface area contributed by atoms with Crippen molar-refractivity contribution < 1.29 is 13.9 Å². The first-order valence-electron chi connectivity index (χ1n) is 10.2. The highest BCUT2D eigenvalue weighted by atomic mass is 35.5. The number of H-pyrrole nitrogens is 1.